The van der Waals surface area contributed by atoms with E-state index in [1.807, 2.05) is 0 Å². The number of rotatable bonds is 2. The Morgan fingerprint density at radius 3 is 1.89 bits per heavy atom. The normalized spacial score (nSPS) is 16.4. The SMILES string of the molecule is CC(=O)N1CCN(C(=O)NC(C)(C)C(=O)O)CC1. The molecule has 0 saturated carbocycles. The molecule has 0 bridgehead atoms. The van der Waals surface area contributed by atoms with Gasteiger partial charge in [0.2, 0.25) is 5.91 Å². The molecule has 0 spiro atoms. The number of nitrogens with zero attached hydrogens (tertiary/aromatic N) is 2. The Bertz CT molecular complexity index is 359. The first-order valence-electron chi connectivity index (χ1n) is 5.80. The van der Waals surface area contributed by atoms with Crippen molar-refractivity contribution in [3.63, 3.8) is 0 Å². The van der Waals surface area contributed by atoms with Gasteiger partial charge < -0.3 is 20.2 Å². The fraction of sp³-hybridized carbons (Fsp3) is 0.727. The van der Waals surface area contributed by atoms with Crippen molar-refractivity contribution in [2.75, 3.05) is 26.2 Å². The third-order valence-electron chi connectivity index (χ3n) is 2.97. The summed E-state index contributed by atoms with van der Waals surface area (Å²) in [4.78, 5) is 37.0. The molecular formula is C11H19N3O4. The van der Waals surface area contributed by atoms with Crippen LogP contribution in [0, 0.1) is 0 Å². The summed E-state index contributed by atoms with van der Waals surface area (Å²) in [6.45, 7) is 6.15. The quantitative estimate of drug-likeness (QED) is 0.712. The summed E-state index contributed by atoms with van der Waals surface area (Å²) >= 11 is 0. The zero-order chi connectivity index (χ0) is 13.9. The highest BCUT2D eigenvalue weighted by atomic mass is 16.4. The number of carboxylic acids is 1. The zero-order valence-electron chi connectivity index (χ0n) is 10.9. The summed E-state index contributed by atoms with van der Waals surface area (Å²) in [5.41, 5.74) is -1.30. The summed E-state index contributed by atoms with van der Waals surface area (Å²) in [6.07, 6.45) is 0. The second-order valence-electron chi connectivity index (χ2n) is 4.85. The van der Waals surface area contributed by atoms with Crippen LogP contribution in [0.5, 0.6) is 0 Å². The van der Waals surface area contributed by atoms with Crippen LogP contribution in [-0.2, 0) is 9.59 Å². The Labute approximate surface area is 106 Å². The second-order valence-corrected chi connectivity index (χ2v) is 4.85. The number of amides is 3. The van der Waals surface area contributed by atoms with Gasteiger partial charge in [-0.2, -0.15) is 0 Å². The molecule has 18 heavy (non-hydrogen) atoms. The predicted octanol–water partition coefficient (Wildman–Crippen LogP) is -0.277. The first-order chi connectivity index (χ1) is 8.24. The molecule has 0 unspecified atom stereocenters. The number of urea groups is 1. The number of carbonyl (C=O) groups excluding carboxylic acids is 2. The van der Waals surface area contributed by atoms with E-state index in [1.54, 1.807) is 4.90 Å². The zero-order valence-corrected chi connectivity index (χ0v) is 10.9. The second kappa shape index (κ2) is 5.24. The average molecular weight is 257 g/mol. The summed E-state index contributed by atoms with van der Waals surface area (Å²) in [5, 5.41) is 11.4. The number of hydrogen-bond donors (Lipinski definition) is 2. The van der Waals surface area contributed by atoms with Gasteiger partial charge in [0.15, 0.2) is 0 Å². The highest BCUT2D eigenvalue weighted by Gasteiger charge is 2.32. The molecule has 1 rings (SSSR count). The molecule has 0 atom stereocenters. The molecule has 7 nitrogen and oxygen atoms in total. The number of carbonyl (C=O) groups is 3. The van der Waals surface area contributed by atoms with Crippen molar-refractivity contribution in [1.82, 2.24) is 15.1 Å². The van der Waals surface area contributed by atoms with Gasteiger partial charge in [0.1, 0.15) is 5.54 Å². The van der Waals surface area contributed by atoms with Crippen molar-refractivity contribution in [3.8, 4) is 0 Å². The Morgan fingerprint density at radius 2 is 1.50 bits per heavy atom. The first-order valence-corrected chi connectivity index (χ1v) is 5.80. The minimum Gasteiger partial charge on any atom is -0.480 e. The van der Waals surface area contributed by atoms with Gasteiger partial charge in [0.05, 0.1) is 0 Å². The Morgan fingerprint density at radius 1 is 1.06 bits per heavy atom. The van der Waals surface area contributed by atoms with Crippen LogP contribution in [0.15, 0.2) is 0 Å². The molecule has 0 radical (unpaired) electrons. The van der Waals surface area contributed by atoms with E-state index in [0.717, 1.165) is 0 Å². The van der Waals surface area contributed by atoms with Gasteiger partial charge >= 0.3 is 12.0 Å². The minimum atomic E-state index is -1.30. The maximum Gasteiger partial charge on any atom is 0.328 e. The van der Waals surface area contributed by atoms with Crippen LogP contribution in [0.1, 0.15) is 20.8 Å². The fourth-order valence-electron chi connectivity index (χ4n) is 1.62. The lowest BCUT2D eigenvalue weighted by Crippen LogP contribution is -2.58. The number of hydrogen-bond acceptors (Lipinski definition) is 3. The van der Waals surface area contributed by atoms with Crippen molar-refractivity contribution in [2.45, 2.75) is 26.3 Å². The summed E-state index contributed by atoms with van der Waals surface area (Å²) in [6, 6.07) is -0.411. The van der Waals surface area contributed by atoms with Gasteiger partial charge in [-0.3, -0.25) is 4.79 Å². The van der Waals surface area contributed by atoms with Gasteiger partial charge in [0, 0.05) is 33.1 Å². The molecule has 0 aromatic carbocycles. The van der Waals surface area contributed by atoms with Crippen LogP contribution in [0.25, 0.3) is 0 Å². The molecule has 2 N–H and O–H groups in total. The van der Waals surface area contributed by atoms with Crippen LogP contribution in [0.3, 0.4) is 0 Å². The van der Waals surface area contributed by atoms with Gasteiger partial charge in [-0.25, -0.2) is 9.59 Å². The van der Waals surface area contributed by atoms with Crippen molar-refractivity contribution in [2.24, 2.45) is 0 Å². The molecule has 3 amide bonds. The summed E-state index contributed by atoms with van der Waals surface area (Å²) in [5.74, 6) is -1.10. The Kier molecular flexibility index (Phi) is 4.15. The standard InChI is InChI=1S/C11H19N3O4/c1-8(15)13-4-6-14(7-5-13)10(18)12-11(2,3)9(16)17/h4-7H2,1-3H3,(H,12,18)(H,16,17). The maximum atomic E-state index is 11.8. The van der Waals surface area contributed by atoms with Crippen molar-refractivity contribution >= 4 is 17.9 Å². The predicted molar refractivity (Wildman–Crippen MR) is 64.1 cm³/mol. The van der Waals surface area contributed by atoms with Crippen molar-refractivity contribution in [1.29, 1.82) is 0 Å². The summed E-state index contributed by atoms with van der Waals surface area (Å²) < 4.78 is 0. The molecule has 1 fully saturated rings. The molecule has 0 aromatic rings. The first kappa shape index (κ1) is 14.3. The highest BCUT2D eigenvalue weighted by Crippen LogP contribution is 2.06. The lowest BCUT2D eigenvalue weighted by atomic mass is 10.1. The van der Waals surface area contributed by atoms with E-state index in [-0.39, 0.29) is 5.91 Å². The monoisotopic (exact) mass is 257 g/mol. The minimum absolute atomic E-state index is 0.0130. The fourth-order valence-corrected chi connectivity index (χ4v) is 1.62. The number of aliphatic carboxylic acids is 1. The lowest BCUT2D eigenvalue weighted by Gasteiger charge is -2.35. The molecule has 102 valence electrons. The number of carboxylic acid groups (broad SMARTS) is 1. The molecular weight excluding hydrogens is 238 g/mol. The molecule has 1 aliphatic rings. The van der Waals surface area contributed by atoms with Crippen LogP contribution < -0.4 is 5.32 Å². The molecule has 1 saturated heterocycles. The van der Waals surface area contributed by atoms with E-state index >= 15 is 0 Å². The van der Waals surface area contributed by atoms with Crippen LogP contribution in [-0.4, -0.2) is 64.5 Å². The van der Waals surface area contributed by atoms with Crippen LogP contribution >= 0.6 is 0 Å². The third kappa shape index (κ3) is 3.35. The lowest BCUT2D eigenvalue weighted by molar-refractivity contribution is -0.143. The number of piperazine rings is 1. The third-order valence-corrected chi connectivity index (χ3v) is 2.97. The highest BCUT2D eigenvalue weighted by molar-refractivity contribution is 5.85. The van der Waals surface area contributed by atoms with Gasteiger partial charge in [-0.15, -0.1) is 0 Å². The van der Waals surface area contributed by atoms with E-state index in [2.05, 4.69) is 5.32 Å². The van der Waals surface area contributed by atoms with Crippen molar-refractivity contribution < 1.29 is 19.5 Å². The summed E-state index contributed by atoms with van der Waals surface area (Å²) in [7, 11) is 0. The van der Waals surface area contributed by atoms with E-state index in [0.29, 0.717) is 26.2 Å². The molecule has 1 heterocycles. The molecule has 1 aliphatic heterocycles. The van der Waals surface area contributed by atoms with Crippen LogP contribution in [0.2, 0.25) is 0 Å². The molecule has 7 heteroatoms. The smallest absolute Gasteiger partial charge is 0.328 e. The van der Waals surface area contributed by atoms with E-state index in [1.165, 1.54) is 25.7 Å². The van der Waals surface area contributed by atoms with E-state index in [9.17, 15) is 14.4 Å². The number of nitrogens with one attached hydrogen (secondary N) is 1. The van der Waals surface area contributed by atoms with Gasteiger partial charge in [-0.1, -0.05) is 0 Å². The van der Waals surface area contributed by atoms with E-state index < -0.39 is 17.5 Å². The van der Waals surface area contributed by atoms with Crippen LogP contribution in [0.4, 0.5) is 4.79 Å². The molecule has 0 aliphatic carbocycles. The Hall–Kier alpha value is -1.79. The topological polar surface area (TPSA) is 90.0 Å². The average Bonchev–Trinajstić information content (AvgIpc) is 2.28. The van der Waals surface area contributed by atoms with E-state index in [4.69, 9.17) is 5.11 Å². The maximum absolute atomic E-state index is 11.8. The largest absolute Gasteiger partial charge is 0.480 e. The van der Waals surface area contributed by atoms with Gasteiger partial charge in [0.25, 0.3) is 0 Å². The Balaban J connectivity index is 2.51. The van der Waals surface area contributed by atoms with Gasteiger partial charge in [-0.05, 0) is 13.8 Å². The molecule has 0 aromatic heterocycles. The van der Waals surface area contributed by atoms with Crippen molar-refractivity contribution in [3.05, 3.63) is 0 Å².